The summed E-state index contributed by atoms with van der Waals surface area (Å²) < 4.78 is 12.1. The van der Waals surface area contributed by atoms with Crippen LogP contribution < -0.4 is 5.11 Å². The number of unbranched alkanes of at least 4 members (excludes halogenated alkanes) is 15. The van der Waals surface area contributed by atoms with E-state index in [0.717, 1.165) is 35.2 Å². The lowest BCUT2D eigenvalue weighted by Gasteiger charge is -2.10. The molecule has 0 aliphatic carbocycles. The van der Waals surface area contributed by atoms with E-state index in [1.54, 1.807) is 17.3 Å². The molecule has 0 spiro atoms. The summed E-state index contributed by atoms with van der Waals surface area (Å²) in [4.78, 5) is 10.1. The van der Waals surface area contributed by atoms with E-state index in [1.807, 2.05) is 0 Å². The molecule has 0 atom stereocenters. The fourth-order valence-electron chi connectivity index (χ4n) is 4.15. The summed E-state index contributed by atoms with van der Waals surface area (Å²) in [5.41, 5.74) is -0.0126. The number of carboxylic acid groups (broad SMARTS) is 1. The molecule has 0 bridgehead atoms. The molecular weight excluding hydrogens is 455 g/mol. The van der Waals surface area contributed by atoms with E-state index < -0.39 is 11.8 Å². The normalized spacial score (nSPS) is 10.9. The van der Waals surface area contributed by atoms with E-state index in [9.17, 15) is 14.3 Å². The molecule has 0 heterocycles. The van der Waals surface area contributed by atoms with Gasteiger partial charge in [0.2, 0.25) is 0 Å². The Hall–Kier alpha value is -1.03. The van der Waals surface area contributed by atoms with Crippen LogP contribution in [0, 0.1) is 5.82 Å². The first-order valence-corrected chi connectivity index (χ1v) is 16.4. The minimum absolute atomic E-state index is 0.0126. The topological polar surface area (TPSA) is 40.1 Å². The lowest BCUT2D eigenvalue weighted by atomic mass is 10.1. The van der Waals surface area contributed by atoms with Crippen molar-refractivity contribution >= 4 is 16.9 Å². The first kappa shape index (κ1) is 34.0. The second-order valence-electron chi connectivity index (χ2n) is 9.82. The molecule has 0 amide bonds. The van der Waals surface area contributed by atoms with Gasteiger partial charge in [-0.05, 0) is 67.1 Å². The number of aromatic carboxylic acids is 1. The van der Waals surface area contributed by atoms with Crippen LogP contribution >= 0.6 is 0 Å². The monoisotopic (exact) mass is 510 g/mol. The lowest BCUT2D eigenvalue weighted by molar-refractivity contribution is -0.255. The van der Waals surface area contributed by atoms with E-state index in [4.69, 9.17) is 0 Å². The van der Waals surface area contributed by atoms with Gasteiger partial charge in [0.1, 0.15) is 23.1 Å². The highest BCUT2D eigenvalue weighted by atomic mass is 32.2. The minimum Gasteiger partial charge on any atom is -0.545 e. The van der Waals surface area contributed by atoms with Crippen LogP contribution in [0.25, 0.3) is 0 Å². The Morgan fingerprint density at radius 1 is 0.600 bits per heavy atom. The summed E-state index contributed by atoms with van der Waals surface area (Å²) in [6, 6.07) is 4.46. The Morgan fingerprint density at radius 2 is 0.914 bits per heavy atom. The summed E-state index contributed by atoms with van der Waals surface area (Å²) >= 11 is 0. The van der Waals surface area contributed by atoms with Crippen LogP contribution in [-0.4, -0.2) is 23.2 Å². The maximum atomic E-state index is 12.1. The van der Waals surface area contributed by atoms with Gasteiger partial charge in [0.05, 0.1) is 5.97 Å². The zero-order valence-corrected chi connectivity index (χ0v) is 24.1. The maximum Gasteiger partial charge on any atom is 0.123 e. The van der Waals surface area contributed by atoms with Crippen molar-refractivity contribution in [3.05, 3.63) is 35.6 Å². The van der Waals surface area contributed by atoms with E-state index in [-0.39, 0.29) is 5.56 Å². The molecule has 1 rings (SSSR count). The van der Waals surface area contributed by atoms with Gasteiger partial charge in [0.15, 0.2) is 0 Å². The Labute approximate surface area is 220 Å². The highest BCUT2D eigenvalue weighted by Crippen LogP contribution is 2.14. The van der Waals surface area contributed by atoms with Gasteiger partial charge in [0, 0.05) is 0 Å². The van der Waals surface area contributed by atoms with Crippen molar-refractivity contribution in [3.63, 3.8) is 0 Å². The number of halogens is 1. The second-order valence-corrected chi connectivity index (χ2v) is 12.3. The molecule has 0 aliphatic rings. The molecule has 1 aromatic carbocycles. The van der Waals surface area contributed by atoms with Crippen molar-refractivity contribution in [2.24, 2.45) is 0 Å². The average Bonchev–Trinajstić information content (AvgIpc) is 2.85. The third kappa shape index (κ3) is 23.1. The van der Waals surface area contributed by atoms with Crippen molar-refractivity contribution in [3.8, 4) is 0 Å². The molecule has 0 saturated carbocycles. The number of carbonyl (C=O) groups is 1. The molecule has 204 valence electrons. The fraction of sp³-hybridized carbons (Fsp3) is 0.774. The van der Waals surface area contributed by atoms with Gasteiger partial charge in [0.25, 0.3) is 0 Å². The molecule has 0 saturated heterocycles. The Kier molecular flexibility index (Phi) is 25.3. The molecule has 2 nitrogen and oxygen atoms in total. The predicted molar refractivity (Wildman–Crippen MR) is 153 cm³/mol. The van der Waals surface area contributed by atoms with Gasteiger partial charge in [-0.1, -0.05) is 110 Å². The summed E-state index contributed by atoms with van der Waals surface area (Å²) in [6.07, 6.45) is 26.4. The number of hydrogen-bond acceptors (Lipinski definition) is 2. The van der Waals surface area contributed by atoms with Crippen LogP contribution in [0.15, 0.2) is 24.3 Å². The third-order valence-electron chi connectivity index (χ3n) is 6.44. The molecule has 0 aliphatic heterocycles. The van der Waals surface area contributed by atoms with E-state index in [2.05, 4.69) is 20.8 Å². The average molecular weight is 511 g/mol. The van der Waals surface area contributed by atoms with Crippen LogP contribution in [0.1, 0.15) is 147 Å². The maximum absolute atomic E-state index is 12.1. The standard InChI is InChI=1S/C24H51S.C7H5FO2/c1-4-7-10-13-16-19-22-25(23-20-17-14-11-8-5-2)24-21-18-15-12-9-6-3;8-6-3-1-5(2-4-6)7(9)10/h4-24H2,1-3H3;1-4H,(H,9,10)/q+1;/p-1. The summed E-state index contributed by atoms with van der Waals surface area (Å²) in [5, 5.41) is 10.1. The fourth-order valence-corrected chi connectivity index (χ4v) is 6.60. The largest absolute Gasteiger partial charge is 0.545 e. The molecular formula is C31H55FO2S. The molecule has 4 heteroatoms. The molecule has 1 aromatic rings. The summed E-state index contributed by atoms with van der Waals surface area (Å²) in [6.45, 7) is 6.95. The summed E-state index contributed by atoms with van der Waals surface area (Å²) in [5.74, 6) is 2.91. The number of benzene rings is 1. The smallest absolute Gasteiger partial charge is 0.123 e. The van der Waals surface area contributed by atoms with E-state index in [1.165, 1.54) is 116 Å². The van der Waals surface area contributed by atoms with Crippen molar-refractivity contribution in [2.75, 3.05) is 17.3 Å². The number of hydrogen-bond donors (Lipinski definition) is 0. The third-order valence-corrected chi connectivity index (χ3v) is 9.04. The van der Waals surface area contributed by atoms with Gasteiger partial charge >= 0.3 is 0 Å². The van der Waals surface area contributed by atoms with Gasteiger partial charge in [-0.15, -0.1) is 0 Å². The van der Waals surface area contributed by atoms with Crippen LogP contribution in [-0.2, 0) is 10.9 Å². The Bertz CT molecular complexity index is 538. The van der Waals surface area contributed by atoms with Crippen molar-refractivity contribution in [1.29, 1.82) is 0 Å². The molecule has 35 heavy (non-hydrogen) atoms. The minimum atomic E-state index is -1.29. The lowest BCUT2D eigenvalue weighted by Crippen LogP contribution is -2.21. The zero-order chi connectivity index (χ0) is 26.0. The number of rotatable bonds is 22. The molecule has 0 fully saturated rings. The van der Waals surface area contributed by atoms with E-state index >= 15 is 0 Å². The van der Waals surface area contributed by atoms with Gasteiger partial charge < -0.3 is 9.90 Å². The van der Waals surface area contributed by atoms with Gasteiger partial charge in [-0.25, -0.2) is 4.39 Å². The first-order chi connectivity index (χ1) is 17.0. The second kappa shape index (κ2) is 26.0. The van der Waals surface area contributed by atoms with Crippen LogP contribution in [0.5, 0.6) is 0 Å². The molecule has 0 N–H and O–H groups in total. The van der Waals surface area contributed by atoms with Crippen molar-refractivity contribution in [2.45, 2.75) is 136 Å². The van der Waals surface area contributed by atoms with E-state index in [0.29, 0.717) is 0 Å². The molecule has 0 unspecified atom stereocenters. The van der Waals surface area contributed by atoms with Crippen LogP contribution in [0.2, 0.25) is 0 Å². The van der Waals surface area contributed by atoms with Crippen molar-refractivity contribution < 1.29 is 14.3 Å². The Balaban J connectivity index is 0.000000952. The van der Waals surface area contributed by atoms with Crippen LogP contribution in [0.3, 0.4) is 0 Å². The highest BCUT2D eigenvalue weighted by molar-refractivity contribution is 7.96. The van der Waals surface area contributed by atoms with Gasteiger partial charge in [-0.3, -0.25) is 0 Å². The van der Waals surface area contributed by atoms with Crippen molar-refractivity contribution in [1.82, 2.24) is 0 Å². The van der Waals surface area contributed by atoms with Gasteiger partial charge in [-0.2, -0.15) is 0 Å². The summed E-state index contributed by atoms with van der Waals surface area (Å²) in [7, 11) is 0.754. The quantitative estimate of drug-likeness (QED) is 0.115. The Morgan fingerprint density at radius 3 is 1.23 bits per heavy atom. The highest BCUT2D eigenvalue weighted by Gasteiger charge is 2.16. The number of carbonyl (C=O) groups excluding carboxylic acids is 1. The first-order valence-electron chi connectivity index (χ1n) is 14.7. The number of carboxylic acids is 1. The molecule has 0 radical (unpaired) electrons. The van der Waals surface area contributed by atoms with Crippen LogP contribution in [0.4, 0.5) is 4.39 Å². The predicted octanol–water partition coefficient (Wildman–Crippen LogP) is 8.88. The molecule has 0 aromatic heterocycles. The zero-order valence-electron chi connectivity index (χ0n) is 23.3. The SMILES string of the molecule is CCCCCCCC[S+](CCCCCCCC)CCCCCCCC.O=C([O-])c1ccc(F)cc1.